The minimum absolute atomic E-state index is 0.0601. The van der Waals surface area contributed by atoms with Gasteiger partial charge in [-0.1, -0.05) is 30.3 Å². The molecular formula is C23H29N3O3. The Morgan fingerprint density at radius 1 is 1.03 bits per heavy atom. The number of hydrogen-bond acceptors (Lipinski definition) is 4. The second kappa shape index (κ2) is 10.6. The molecule has 1 atom stereocenters. The molecule has 1 heterocycles. The number of nitrogens with zero attached hydrogens (tertiary/aromatic N) is 1. The Balaban J connectivity index is 1.54. The van der Waals surface area contributed by atoms with Crippen LogP contribution in [0.4, 0.5) is 0 Å². The first-order chi connectivity index (χ1) is 14.2. The third-order valence-electron chi connectivity index (χ3n) is 5.01. The second-order valence-corrected chi connectivity index (χ2v) is 7.18. The van der Waals surface area contributed by atoms with Crippen molar-refractivity contribution in [3.05, 3.63) is 65.7 Å². The molecule has 1 unspecified atom stereocenters. The van der Waals surface area contributed by atoms with E-state index in [-0.39, 0.29) is 24.4 Å². The minimum atomic E-state index is -0.279. The normalized spacial score (nSPS) is 14.9. The molecule has 3 rings (SSSR count). The molecule has 0 aromatic heterocycles. The zero-order valence-electron chi connectivity index (χ0n) is 16.9. The van der Waals surface area contributed by atoms with E-state index in [1.165, 1.54) is 12.8 Å². The first-order valence-corrected chi connectivity index (χ1v) is 10.2. The van der Waals surface area contributed by atoms with Crippen LogP contribution in [0, 0.1) is 0 Å². The van der Waals surface area contributed by atoms with E-state index in [1.54, 1.807) is 24.3 Å². The van der Waals surface area contributed by atoms with Gasteiger partial charge < -0.3 is 20.3 Å². The van der Waals surface area contributed by atoms with Gasteiger partial charge in [-0.3, -0.25) is 9.59 Å². The number of likely N-dealkylation sites (tertiary alicyclic amines) is 1. The van der Waals surface area contributed by atoms with Crippen molar-refractivity contribution >= 4 is 11.8 Å². The number of benzene rings is 2. The summed E-state index contributed by atoms with van der Waals surface area (Å²) in [5, 5.41) is 5.77. The third kappa shape index (κ3) is 6.32. The van der Waals surface area contributed by atoms with E-state index in [4.69, 9.17) is 4.74 Å². The van der Waals surface area contributed by atoms with Gasteiger partial charge in [-0.05, 0) is 62.7 Å². The van der Waals surface area contributed by atoms with Crippen molar-refractivity contribution in [2.75, 3.05) is 32.8 Å². The van der Waals surface area contributed by atoms with Crippen molar-refractivity contribution in [1.29, 1.82) is 0 Å². The molecule has 6 heteroatoms. The SMILES string of the molecule is CCOc1ccc(C(=O)NCC(=O)NC(CN2CCCC2)c2ccccc2)cc1. The molecule has 1 aliphatic heterocycles. The summed E-state index contributed by atoms with van der Waals surface area (Å²) in [7, 11) is 0. The van der Waals surface area contributed by atoms with Gasteiger partial charge in [0.2, 0.25) is 5.91 Å². The highest BCUT2D eigenvalue weighted by Crippen LogP contribution is 2.17. The average Bonchev–Trinajstić information content (AvgIpc) is 3.26. The lowest BCUT2D eigenvalue weighted by molar-refractivity contribution is -0.121. The van der Waals surface area contributed by atoms with Crippen LogP contribution in [-0.2, 0) is 4.79 Å². The molecule has 1 saturated heterocycles. The number of amides is 2. The van der Waals surface area contributed by atoms with Crippen LogP contribution >= 0.6 is 0 Å². The summed E-state index contributed by atoms with van der Waals surface area (Å²) in [6.45, 7) is 5.33. The van der Waals surface area contributed by atoms with Crippen LogP contribution in [0.2, 0.25) is 0 Å². The summed E-state index contributed by atoms with van der Waals surface area (Å²) < 4.78 is 5.38. The van der Waals surface area contributed by atoms with Gasteiger partial charge in [0.15, 0.2) is 0 Å². The Morgan fingerprint density at radius 3 is 2.38 bits per heavy atom. The predicted octanol–water partition coefficient (Wildman–Crippen LogP) is 2.77. The van der Waals surface area contributed by atoms with Crippen LogP contribution in [-0.4, -0.2) is 49.5 Å². The van der Waals surface area contributed by atoms with E-state index in [2.05, 4.69) is 15.5 Å². The summed E-state index contributed by atoms with van der Waals surface area (Å²) in [5.74, 6) is 0.241. The fourth-order valence-corrected chi connectivity index (χ4v) is 3.52. The summed E-state index contributed by atoms with van der Waals surface area (Å²) in [5.41, 5.74) is 1.57. The standard InChI is InChI=1S/C23H29N3O3/c1-2-29-20-12-10-19(11-13-20)23(28)24-16-22(27)25-21(17-26-14-6-7-15-26)18-8-4-3-5-9-18/h3-5,8-13,21H,2,6-7,14-17H2,1H3,(H,24,28)(H,25,27). The van der Waals surface area contributed by atoms with Gasteiger partial charge in [0, 0.05) is 12.1 Å². The molecule has 2 amide bonds. The van der Waals surface area contributed by atoms with Crippen molar-refractivity contribution in [2.45, 2.75) is 25.8 Å². The number of rotatable bonds is 9. The van der Waals surface area contributed by atoms with Gasteiger partial charge in [-0.15, -0.1) is 0 Å². The molecule has 1 fully saturated rings. The lowest BCUT2D eigenvalue weighted by atomic mass is 10.1. The molecule has 0 aliphatic carbocycles. The van der Waals surface area contributed by atoms with Gasteiger partial charge in [-0.25, -0.2) is 0 Å². The fraction of sp³-hybridized carbons (Fsp3) is 0.391. The lowest BCUT2D eigenvalue weighted by Crippen LogP contribution is -2.42. The largest absolute Gasteiger partial charge is 0.494 e. The summed E-state index contributed by atoms with van der Waals surface area (Å²) >= 11 is 0. The Morgan fingerprint density at radius 2 is 1.72 bits per heavy atom. The zero-order valence-corrected chi connectivity index (χ0v) is 16.9. The van der Waals surface area contributed by atoms with E-state index in [1.807, 2.05) is 37.3 Å². The molecule has 0 saturated carbocycles. The molecule has 0 radical (unpaired) electrons. The van der Waals surface area contributed by atoms with Crippen LogP contribution in [0.3, 0.4) is 0 Å². The molecule has 29 heavy (non-hydrogen) atoms. The monoisotopic (exact) mass is 395 g/mol. The van der Waals surface area contributed by atoms with Gasteiger partial charge in [0.1, 0.15) is 5.75 Å². The molecular weight excluding hydrogens is 366 g/mol. The first-order valence-electron chi connectivity index (χ1n) is 10.2. The van der Waals surface area contributed by atoms with E-state index in [0.717, 1.165) is 30.9 Å². The topological polar surface area (TPSA) is 70.7 Å². The van der Waals surface area contributed by atoms with Crippen LogP contribution < -0.4 is 15.4 Å². The molecule has 0 spiro atoms. The summed E-state index contributed by atoms with van der Waals surface area (Å²) in [6.07, 6.45) is 2.40. The number of ether oxygens (including phenoxy) is 1. The molecule has 2 aromatic rings. The summed E-state index contributed by atoms with van der Waals surface area (Å²) in [6, 6.07) is 16.8. The van der Waals surface area contributed by atoms with E-state index in [0.29, 0.717) is 12.2 Å². The highest BCUT2D eigenvalue weighted by Gasteiger charge is 2.21. The van der Waals surface area contributed by atoms with Crippen molar-refractivity contribution < 1.29 is 14.3 Å². The Bertz CT molecular complexity index is 787. The number of nitrogens with one attached hydrogen (secondary N) is 2. The smallest absolute Gasteiger partial charge is 0.251 e. The Labute approximate surface area is 172 Å². The maximum absolute atomic E-state index is 12.5. The van der Waals surface area contributed by atoms with Gasteiger partial charge >= 0.3 is 0 Å². The molecule has 1 aliphatic rings. The molecule has 2 aromatic carbocycles. The first kappa shape index (κ1) is 20.9. The van der Waals surface area contributed by atoms with Crippen molar-refractivity contribution in [3.8, 4) is 5.75 Å². The highest BCUT2D eigenvalue weighted by atomic mass is 16.5. The van der Waals surface area contributed by atoms with Gasteiger partial charge in [0.05, 0.1) is 19.2 Å². The Hall–Kier alpha value is -2.86. The van der Waals surface area contributed by atoms with Gasteiger partial charge in [0.25, 0.3) is 5.91 Å². The quantitative estimate of drug-likeness (QED) is 0.685. The maximum Gasteiger partial charge on any atom is 0.251 e. The maximum atomic E-state index is 12.5. The average molecular weight is 396 g/mol. The van der Waals surface area contributed by atoms with E-state index < -0.39 is 0 Å². The van der Waals surface area contributed by atoms with Crippen molar-refractivity contribution in [2.24, 2.45) is 0 Å². The zero-order chi connectivity index (χ0) is 20.5. The predicted molar refractivity (Wildman–Crippen MR) is 113 cm³/mol. The number of carbonyl (C=O) groups is 2. The minimum Gasteiger partial charge on any atom is -0.494 e. The summed E-state index contributed by atoms with van der Waals surface area (Å²) in [4.78, 5) is 27.2. The van der Waals surface area contributed by atoms with Gasteiger partial charge in [-0.2, -0.15) is 0 Å². The molecule has 154 valence electrons. The molecule has 6 nitrogen and oxygen atoms in total. The van der Waals surface area contributed by atoms with Crippen LogP contribution in [0.25, 0.3) is 0 Å². The van der Waals surface area contributed by atoms with Crippen LogP contribution in [0.15, 0.2) is 54.6 Å². The molecule has 0 bridgehead atoms. The molecule has 2 N–H and O–H groups in total. The second-order valence-electron chi connectivity index (χ2n) is 7.18. The number of hydrogen-bond donors (Lipinski definition) is 2. The van der Waals surface area contributed by atoms with Crippen molar-refractivity contribution in [1.82, 2.24) is 15.5 Å². The third-order valence-corrected chi connectivity index (χ3v) is 5.01. The highest BCUT2D eigenvalue weighted by molar-refractivity contribution is 5.96. The van der Waals surface area contributed by atoms with Crippen molar-refractivity contribution in [3.63, 3.8) is 0 Å². The van der Waals surface area contributed by atoms with Crippen LogP contribution in [0.1, 0.15) is 41.7 Å². The Kier molecular flexibility index (Phi) is 7.64. The van der Waals surface area contributed by atoms with E-state index in [9.17, 15) is 9.59 Å². The van der Waals surface area contributed by atoms with E-state index >= 15 is 0 Å². The van der Waals surface area contributed by atoms with Crippen LogP contribution in [0.5, 0.6) is 5.75 Å². The fourth-order valence-electron chi connectivity index (χ4n) is 3.52. The lowest BCUT2D eigenvalue weighted by Gasteiger charge is -2.25. The number of carbonyl (C=O) groups excluding carboxylic acids is 2.